The molecule has 1 aliphatic heterocycles. The molecule has 1 saturated heterocycles. The molecule has 3 heterocycles. The minimum absolute atomic E-state index is 0.0853. The smallest absolute Gasteiger partial charge is 0.270 e. The van der Waals surface area contributed by atoms with Crippen LogP contribution in [-0.4, -0.2) is 58.4 Å². The van der Waals surface area contributed by atoms with Crippen molar-refractivity contribution in [3.05, 3.63) is 36.3 Å². The SMILES string of the molecule is CC1CN(c2ccc(NC(=O)[C@@H](NC(=O)c3ccnn3C)C(C3CCC3)C3(C)CC3)cn2)CCO1. The van der Waals surface area contributed by atoms with E-state index in [1.54, 1.807) is 25.5 Å². The summed E-state index contributed by atoms with van der Waals surface area (Å²) in [6.07, 6.45) is 9.05. The van der Waals surface area contributed by atoms with Crippen molar-refractivity contribution in [2.75, 3.05) is 29.9 Å². The third-order valence-corrected chi connectivity index (χ3v) is 8.06. The van der Waals surface area contributed by atoms with Gasteiger partial charge >= 0.3 is 0 Å². The number of nitrogens with zero attached hydrogens (tertiary/aromatic N) is 4. The van der Waals surface area contributed by atoms with Crippen LogP contribution in [0.2, 0.25) is 0 Å². The molecule has 35 heavy (non-hydrogen) atoms. The zero-order chi connectivity index (χ0) is 24.6. The van der Waals surface area contributed by atoms with Gasteiger partial charge in [-0.2, -0.15) is 5.10 Å². The van der Waals surface area contributed by atoms with Gasteiger partial charge in [0.1, 0.15) is 17.6 Å². The van der Waals surface area contributed by atoms with Crippen LogP contribution in [0, 0.1) is 17.3 Å². The second-order valence-electron chi connectivity index (χ2n) is 10.7. The van der Waals surface area contributed by atoms with Gasteiger partial charge in [0.15, 0.2) is 0 Å². The van der Waals surface area contributed by atoms with E-state index in [9.17, 15) is 9.59 Å². The lowest BCUT2D eigenvalue weighted by Crippen LogP contribution is -2.54. The summed E-state index contributed by atoms with van der Waals surface area (Å²) in [5.41, 5.74) is 1.16. The number of rotatable bonds is 8. The highest BCUT2D eigenvalue weighted by molar-refractivity contribution is 6.00. The van der Waals surface area contributed by atoms with Crippen LogP contribution in [0.15, 0.2) is 30.6 Å². The van der Waals surface area contributed by atoms with Crippen LogP contribution in [0.1, 0.15) is 56.4 Å². The number of nitrogens with one attached hydrogen (secondary N) is 2. The molecule has 3 aliphatic rings. The first-order valence-electron chi connectivity index (χ1n) is 12.8. The Bertz CT molecular complexity index is 1060. The van der Waals surface area contributed by atoms with Crippen LogP contribution >= 0.6 is 0 Å². The van der Waals surface area contributed by atoms with Gasteiger partial charge in [-0.1, -0.05) is 26.2 Å². The fourth-order valence-corrected chi connectivity index (χ4v) is 5.60. The van der Waals surface area contributed by atoms with Gasteiger partial charge in [0, 0.05) is 26.3 Å². The molecule has 2 aromatic heterocycles. The van der Waals surface area contributed by atoms with Crippen molar-refractivity contribution in [3.63, 3.8) is 0 Å². The summed E-state index contributed by atoms with van der Waals surface area (Å²) >= 11 is 0. The van der Waals surface area contributed by atoms with E-state index in [1.807, 2.05) is 12.1 Å². The van der Waals surface area contributed by atoms with Crippen LogP contribution in [0.4, 0.5) is 11.5 Å². The highest BCUT2D eigenvalue weighted by Crippen LogP contribution is 2.58. The molecule has 188 valence electrons. The first-order valence-corrected chi connectivity index (χ1v) is 12.8. The van der Waals surface area contributed by atoms with E-state index in [4.69, 9.17) is 4.74 Å². The predicted octanol–water partition coefficient (Wildman–Crippen LogP) is 2.99. The van der Waals surface area contributed by atoms with E-state index in [0.717, 1.165) is 44.6 Å². The van der Waals surface area contributed by atoms with Crippen LogP contribution < -0.4 is 15.5 Å². The number of pyridine rings is 1. The van der Waals surface area contributed by atoms with E-state index in [0.29, 0.717) is 23.9 Å². The van der Waals surface area contributed by atoms with Crippen molar-refractivity contribution >= 4 is 23.3 Å². The maximum absolute atomic E-state index is 13.7. The van der Waals surface area contributed by atoms with Crippen LogP contribution in [0.5, 0.6) is 0 Å². The quantitative estimate of drug-likeness (QED) is 0.602. The molecule has 2 aliphatic carbocycles. The summed E-state index contributed by atoms with van der Waals surface area (Å²) in [4.78, 5) is 33.6. The normalized spacial score (nSPS) is 23.2. The van der Waals surface area contributed by atoms with Gasteiger partial charge in [-0.15, -0.1) is 0 Å². The summed E-state index contributed by atoms with van der Waals surface area (Å²) in [6.45, 7) is 6.59. The van der Waals surface area contributed by atoms with Crippen LogP contribution in [0.3, 0.4) is 0 Å². The van der Waals surface area contributed by atoms with E-state index < -0.39 is 6.04 Å². The Hall–Kier alpha value is -2.94. The Balaban J connectivity index is 1.34. The number of ether oxygens (including phenoxy) is 1. The maximum atomic E-state index is 13.7. The molecule has 2 unspecified atom stereocenters. The molecule has 3 fully saturated rings. The summed E-state index contributed by atoms with van der Waals surface area (Å²) in [6, 6.07) is 4.88. The summed E-state index contributed by atoms with van der Waals surface area (Å²) in [5.74, 6) is 0.982. The van der Waals surface area contributed by atoms with Gasteiger partial charge in [0.25, 0.3) is 5.91 Å². The predicted molar refractivity (Wildman–Crippen MR) is 133 cm³/mol. The van der Waals surface area contributed by atoms with Gasteiger partial charge < -0.3 is 20.3 Å². The van der Waals surface area contributed by atoms with Crippen molar-refractivity contribution in [1.82, 2.24) is 20.1 Å². The number of aryl methyl sites for hydroxylation is 1. The first kappa shape index (κ1) is 23.8. The summed E-state index contributed by atoms with van der Waals surface area (Å²) < 4.78 is 7.16. The van der Waals surface area contributed by atoms with E-state index in [-0.39, 0.29) is 29.3 Å². The maximum Gasteiger partial charge on any atom is 0.270 e. The van der Waals surface area contributed by atoms with Crippen molar-refractivity contribution in [3.8, 4) is 0 Å². The lowest BCUT2D eigenvalue weighted by atomic mass is 9.66. The summed E-state index contributed by atoms with van der Waals surface area (Å²) in [5, 5.41) is 10.3. The van der Waals surface area contributed by atoms with Crippen LogP contribution in [0.25, 0.3) is 0 Å². The van der Waals surface area contributed by atoms with Gasteiger partial charge in [-0.3, -0.25) is 14.3 Å². The Morgan fingerprint density at radius 1 is 1.23 bits per heavy atom. The molecule has 0 radical (unpaired) electrons. The molecule has 9 heteroatoms. The molecule has 3 atom stereocenters. The Morgan fingerprint density at radius 2 is 2.03 bits per heavy atom. The lowest BCUT2D eigenvalue weighted by molar-refractivity contribution is -0.121. The monoisotopic (exact) mass is 480 g/mol. The van der Waals surface area contributed by atoms with E-state index in [1.165, 1.54) is 11.1 Å². The molecule has 2 amide bonds. The Morgan fingerprint density at radius 3 is 2.60 bits per heavy atom. The number of morpholine rings is 1. The number of aromatic nitrogens is 3. The standard InChI is InChI=1S/C26H36N6O3/c1-17-16-32(13-14-35-17)21-8-7-19(15-27-21)29-25(34)23(30-24(33)20-9-12-28-31(20)3)22(18-5-4-6-18)26(2)10-11-26/h7-9,12,15,17-18,22-23H,4-6,10-11,13-14,16H2,1-3H3,(H,29,34)(H,30,33)/t17?,22?,23-/m0/s1. The van der Waals surface area contributed by atoms with Crippen molar-refractivity contribution in [1.29, 1.82) is 0 Å². The first-order chi connectivity index (χ1) is 16.8. The zero-order valence-corrected chi connectivity index (χ0v) is 20.9. The average molecular weight is 481 g/mol. The second-order valence-corrected chi connectivity index (χ2v) is 10.7. The molecule has 9 nitrogen and oxygen atoms in total. The van der Waals surface area contributed by atoms with Crippen molar-refractivity contribution in [2.45, 2.75) is 58.1 Å². The zero-order valence-electron chi connectivity index (χ0n) is 20.9. The minimum atomic E-state index is -0.616. The third kappa shape index (κ3) is 5.05. The van der Waals surface area contributed by atoms with Crippen molar-refractivity contribution < 1.29 is 14.3 Å². The molecule has 5 rings (SSSR count). The molecule has 2 N–H and O–H groups in total. The highest BCUT2D eigenvalue weighted by Gasteiger charge is 2.54. The molecule has 2 aromatic rings. The topological polar surface area (TPSA) is 101 Å². The number of anilines is 2. The second kappa shape index (κ2) is 9.60. The molecular formula is C26H36N6O3. The number of carbonyl (C=O) groups is 2. The fourth-order valence-electron chi connectivity index (χ4n) is 5.60. The van der Waals surface area contributed by atoms with E-state index in [2.05, 4.69) is 39.5 Å². The van der Waals surface area contributed by atoms with Gasteiger partial charge in [0.05, 0.1) is 24.6 Å². The summed E-state index contributed by atoms with van der Waals surface area (Å²) in [7, 11) is 1.73. The minimum Gasteiger partial charge on any atom is -0.375 e. The molecule has 0 aromatic carbocycles. The van der Waals surface area contributed by atoms with Gasteiger partial charge in [0.2, 0.25) is 5.91 Å². The molecular weight excluding hydrogens is 444 g/mol. The fraction of sp³-hybridized carbons (Fsp3) is 0.615. The number of carbonyl (C=O) groups excluding carboxylic acids is 2. The molecule has 2 saturated carbocycles. The lowest BCUT2D eigenvalue weighted by Gasteiger charge is -2.42. The van der Waals surface area contributed by atoms with Crippen molar-refractivity contribution in [2.24, 2.45) is 24.3 Å². The van der Waals surface area contributed by atoms with Gasteiger partial charge in [-0.25, -0.2) is 4.98 Å². The van der Waals surface area contributed by atoms with Gasteiger partial charge in [-0.05, 0) is 55.2 Å². The molecule has 0 bridgehead atoms. The molecule has 0 spiro atoms. The Labute approximate surface area is 206 Å². The Kier molecular flexibility index (Phi) is 6.53. The largest absolute Gasteiger partial charge is 0.375 e. The number of amides is 2. The average Bonchev–Trinajstić information content (AvgIpc) is 3.40. The highest BCUT2D eigenvalue weighted by atomic mass is 16.5. The number of hydrogen-bond donors (Lipinski definition) is 2. The number of hydrogen-bond acceptors (Lipinski definition) is 6. The van der Waals surface area contributed by atoms with Crippen LogP contribution in [-0.2, 0) is 16.6 Å². The third-order valence-electron chi connectivity index (χ3n) is 8.06. The van der Waals surface area contributed by atoms with E-state index >= 15 is 0 Å².